The summed E-state index contributed by atoms with van der Waals surface area (Å²) in [5, 5.41) is 3.07. The molecule has 0 spiro atoms. The lowest BCUT2D eigenvalue weighted by Crippen LogP contribution is -2.16. The molecule has 0 heterocycles. The first-order valence-corrected chi connectivity index (χ1v) is 5.04. The number of anilines is 1. The number of para-hydroxylation sites is 1. The number of carbonyl (C=O) groups excluding carboxylic acids is 1. The second kappa shape index (κ2) is 5.39. The van der Waals surface area contributed by atoms with Crippen LogP contribution in [0.5, 0.6) is 0 Å². The Bertz CT molecular complexity index is 334. The molecule has 3 nitrogen and oxygen atoms in total. The van der Waals surface area contributed by atoms with E-state index >= 15 is 0 Å². The van der Waals surface area contributed by atoms with Crippen LogP contribution in [0, 0.1) is 0 Å². The van der Waals surface area contributed by atoms with Crippen molar-refractivity contribution in [3.8, 4) is 0 Å². The van der Waals surface area contributed by atoms with Gasteiger partial charge in [-0.05, 0) is 17.5 Å². The maximum Gasteiger partial charge on any atom is 0.325 e. The average Bonchev–Trinajstić information content (AvgIpc) is 2.26. The normalized spacial score (nSPS) is 10.1. The van der Waals surface area contributed by atoms with Crippen LogP contribution in [0.4, 0.5) is 5.69 Å². The minimum atomic E-state index is -0.256. The van der Waals surface area contributed by atoms with E-state index in [4.69, 9.17) is 0 Å². The van der Waals surface area contributed by atoms with Gasteiger partial charge in [-0.3, -0.25) is 4.79 Å². The molecule has 0 aromatic heterocycles. The molecule has 0 atom stereocenters. The Kier molecular flexibility index (Phi) is 4.16. The quantitative estimate of drug-likeness (QED) is 0.770. The highest BCUT2D eigenvalue weighted by Crippen LogP contribution is 2.23. The summed E-state index contributed by atoms with van der Waals surface area (Å²) in [7, 11) is 1.39. The summed E-state index contributed by atoms with van der Waals surface area (Å²) in [6.45, 7) is 4.46. The molecular formula is C12H17NO2. The summed E-state index contributed by atoms with van der Waals surface area (Å²) in [5.74, 6) is 0.180. The summed E-state index contributed by atoms with van der Waals surface area (Å²) in [6.07, 6.45) is 0. The molecule has 0 saturated heterocycles. The second-order valence-electron chi connectivity index (χ2n) is 3.67. The number of hydrogen-bond acceptors (Lipinski definition) is 3. The third kappa shape index (κ3) is 3.27. The number of benzene rings is 1. The minimum absolute atomic E-state index is 0.209. The number of rotatable bonds is 4. The topological polar surface area (TPSA) is 38.3 Å². The molecule has 1 rings (SSSR count). The maximum atomic E-state index is 11.0. The van der Waals surface area contributed by atoms with Crippen LogP contribution in [0.25, 0.3) is 0 Å². The lowest BCUT2D eigenvalue weighted by Gasteiger charge is -2.13. The highest BCUT2D eigenvalue weighted by Gasteiger charge is 2.06. The van der Waals surface area contributed by atoms with Gasteiger partial charge >= 0.3 is 5.97 Å². The van der Waals surface area contributed by atoms with Crippen LogP contribution < -0.4 is 5.32 Å². The molecule has 0 radical (unpaired) electrons. The molecule has 82 valence electrons. The van der Waals surface area contributed by atoms with Gasteiger partial charge in [0.25, 0.3) is 0 Å². The predicted octanol–water partition coefficient (Wildman–Crippen LogP) is 2.39. The van der Waals surface area contributed by atoms with Gasteiger partial charge in [0.1, 0.15) is 6.54 Å². The average molecular weight is 207 g/mol. The van der Waals surface area contributed by atoms with Crippen LogP contribution in [0.3, 0.4) is 0 Å². The lowest BCUT2D eigenvalue weighted by atomic mass is 10.0. The standard InChI is InChI=1S/C12H17NO2/c1-9(2)10-6-4-5-7-11(10)13-8-12(14)15-3/h4-7,9,13H,8H2,1-3H3. The fourth-order valence-corrected chi connectivity index (χ4v) is 1.40. The molecule has 0 amide bonds. The number of esters is 1. The SMILES string of the molecule is COC(=O)CNc1ccccc1C(C)C. The zero-order chi connectivity index (χ0) is 11.3. The number of nitrogens with one attached hydrogen (secondary N) is 1. The zero-order valence-corrected chi connectivity index (χ0v) is 9.41. The number of carbonyl (C=O) groups is 1. The van der Waals surface area contributed by atoms with E-state index in [0.29, 0.717) is 5.92 Å². The molecule has 1 aromatic carbocycles. The summed E-state index contributed by atoms with van der Waals surface area (Å²) < 4.78 is 4.57. The first kappa shape index (κ1) is 11.6. The van der Waals surface area contributed by atoms with Crippen LogP contribution in [0.15, 0.2) is 24.3 Å². The fourth-order valence-electron chi connectivity index (χ4n) is 1.40. The van der Waals surface area contributed by atoms with E-state index in [1.54, 1.807) is 0 Å². The van der Waals surface area contributed by atoms with Crippen molar-refractivity contribution in [2.45, 2.75) is 19.8 Å². The molecule has 1 aromatic rings. The van der Waals surface area contributed by atoms with Crippen molar-refractivity contribution in [3.63, 3.8) is 0 Å². The molecule has 0 unspecified atom stereocenters. The van der Waals surface area contributed by atoms with E-state index in [1.807, 2.05) is 18.2 Å². The summed E-state index contributed by atoms with van der Waals surface area (Å²) in [5.41, 5.74) is 2.21. The molecule has 0 aliphatic carbocycles. The molecule has 0 aliphatic heterocycles. The Morgan fingerprint density at radius 1 is 1.40 bits per heavy atom. The van der Waals surface area contributed by atoms with Crippen molar-refractivity contribution in [2.75, 3.05) is 19.0 Å². The van der Waals surface area contributed by atoms with E-state index in [1.165, 1.54) is 12.7 Å². The van der Waals surface area contributed by atoms with Crippen molar-refractivity contribution < 1.29 is 9.53 Å². The Morgan fingerprint density at radius 2 is 2.07 bits per heavy atom. The monoisotopic (exact) mass is 207 g/mol. The van der Waals surface area contributed by atoms with Crippen LogP contribution in [-0.4, -0.2) is 19.6 Å². The van der Waals surface area contributed by atoms with Crippen LogP contribution in [0.2, 0.25) is 0 Å². The van der Waals surface area contributed by atoms with E-state index < -0.39 is 0 Å². The first-order valence-electron chi connectivity index (χ1n) is 5.04. The molecular weight excluding hydrogens is 190 g/mol. The van der Waals surface area contributed by atoms with Crippen LogP contribution in [0.1, 0.15) is 25.3 Å². The van der Waals surface area contributed by atoms with Gasteiger partial charge in [-0.15, -0.1) is 0 Å². The Labute approximate surface area is 90.4 Å². The fraction of sp³-hybridized carbons (Fsp3) is 0.417. The first-order chi connectivity index (χ1) is 7.15. The molecule has 15 heavy (non-hydrogen) atoms. The third-order valence-electron chi connectivity index (χ3n) is 2.23. The van der Waals surface area contributed by atoms with E-state index in [-0.39, 0.29) is 12.5 Å². The summed E-state index contributed by atoms with van der Waals surface area (Å²) in [6, 6.07) is 7.98. The van der Waals surface area contributed by atoms with Gasteiger partial charge in [-0.2, -0.15) is 0 Å². The van der Waals surface area contributed by atoms with E-state index in [2.05, 4.69) is 30.0 Å². The minimum Gasteiger partial charge on any atom is -0.468 e. The van der Waals surface area contributed by atoms with Gasteiger partial charge in [0.05, 0.1) is 7.11 Å². The van der Waals surface area contributed by atoms with E-state index in [0.717, 1.165) is 5.69 Å². The van der Waals surface area contributed by atoms with Crippen molar-refractivity contribution in [3.05, 3.63) is 29.8 Å². The molecule has 0 fully saturated rings. The van der Waals surface area contributed by atoms with Gasteiger partial charge in [-0.25, -0.2) is 0 Å². The third-order valence-corrected chi connectivity index (χ3v) is 2.23. The molecule has 3 heteroatoms. The second-order valence-corrected chi connectivity index (χ2v) is 3.67. The number of hydrogen-bond donors (Lipinski definition) is 1. The Balaban J connectivity index is 2.71. The van der Waals surface area contributed by atoms with Gasteiger partial charge in [0.15, 0.2) is 0 Å². The Hall–Kier alpha value is -1.51. The van der Waals surface area contributed by atoms with Crippen LogP contribution >= 0.6 is 0 Å². The van der Waals surface area contributed by atoms with Gasteiger partial charge in [0, 0.05) is 5.69 Å². The Morgan fingerprint density at radius 3 is 2.67 bits per heavy atom. The van der Waals surface area contributed by atoms with Crippen molar-refractivity contribution in [2.24, 2.45) is 0 Å². The summed E-state index contributed by atoms with van der Waals surface area (Å²) >= 11 is 0. The van der Waals surface area contributed by atoms with Crippen LogP contribution in [-0.2, 0) is 9.53 Å². The largest absolute Gasteiger partial charge is 0.468 e. The molecule has 1 N–H and O–H groups in total. The smallest absolute Gasteiger partial charge is 0.325 e. The molecule has 0 bridgehead atoms. The highest BCUT2D eigenvalue weighted by atomic mass is 16.5. The predicted molar refractivity (Wildman–Crippen MR) is 61.0 cm³/mol. The molecule has 0 saturated carbocycles. The highest BCUT2D eigenvalue weighted by molar-refractivity contribution is 5.75. The van der Waals surface area contributed by atoms with Crippen molar-refractivity contribution in [1.82, 2.24) is 0 Å². The van der Waals surface area contributed by atoms with Crippen molar-refractivity contribution >= 4 is 11.7 Å². The number of methoxy groups -OCH3 is 1. The van der Waals surface area contributed by atoms with Gasteiger partial charge in [-0.1, -0.05) is 32.0 Å². The maximum absolute atomic E-state index is 11.0. The van der Waals surface area contributed by atoms with Gasteiger partial charge < -0.3 is 10.1 Å². The zero-order valence-electron chi connectivity index (χ0n) is 9.41. The summed E-state index contributed by atoms with van der Waals surface area (Å²) in [4.78, 5) is 11.0. The number of ether oxygens (including phenoxy) is 1. The lowest BCUT2D eigenvalue weighted by molar-refractivity contribution is -0.138. The van der Waals surface area contributed by atoms with Crippen molar-refractivity contribution in [1.29, 1.82) is 0 Å². The van der Waals surface area contributed by atoms with E-state index in [9.17, 15) is 4.79 Å². The van der Waals surface area contributed by atoms with Gasteiger partial charge in [0.2, 0.25) is 0 Å². The molecule has 0 aliphatic rings.